The van der Waals surface area contributed by atoms with Crippen molar-refractivity contribution in [3.8, 4) is 5.75 Å². The van der Waals surface area contributed by atoms with E-state index in [2.05, 4.69) is 21.2 Å². The Morgan fingerprint density at radius 2 is 1.81 bits per heavy atom. The average Bonchev–Trinajstić information content (AvgIpc) is 2.55. The lowest BCUT2D eigenvalue weighted by atomic mass is 10.2. The highest BCUT2D eigenvalue weighted by Crippen LogP contribution is 2.35. The van der Waals surface area contributed by atoms with Gasteiger partial charge in [-0.25, -0.2) is 12.8 Å². The molecule has 0 saturated heterocycles. The summed E-state index contributed by atoms with van der Waals surface area (Å²) in [6, 6.07) is 5.76. The summed E-state index contributed by atoms with van der Waals surface area (Å²) in [6.07, 6.45) is 0. The number of amides is 1. The molecule has 2 rings (SSSR count). The van der Waals surface area contributed by atoms with E-state index in [0.717, 1.165) is 18.2 Å². The summed E-state index contributed by atoms with van der Waals surface area (Å²) in [5.41, 5.74) is -6.27. The molecule has 140 valence electrons. The molecule has 0 fully saturated rings. The van der Waals surface area contributed by atoms with Crippen LogP contribution in [0, 0.1) is 5.82 Å². The Balaban J connectivity index is 2.47. The maximum Gasteiger partial charge on any atom is 0.501 e. The fraction of sp³-hybridized carbons (Fsp3) is 0.133. The van der Waals surface area contributed by atoms with Crippen LogP contribution >= 0.6 is 15.9 Å². The van der Waals surface area contributed by atoms with Crippen LogP contribution in [0.5, 0.6) is 5.75 Å². The summed E-state index contributed by atoms with van der Waals surface area (Å²) >= 11 is 3.06. The molecule has 0 atom stereocenters. The van der Waals surface area contributed by atoms with Crippen LogP contribution < -0.4 is 10.1 Å². The fourth-order valence-electron chi connectivity index (χ4n) is 1.95. The van der Waals surface area contributed by atoms with Crippen LogP contribution in [0.2, 0.25) is 0 Å². The number of rotatable bonds is 4. The standard InChI is InChI=1S/C15H10BrF4NO4S/c1-25-13-5-3-9(26(23,24)15(18,19)20)7-12(13)21-14(22)10-6-8(16)2-4-11(10)17/h2-7H,1H3,(H,21,22). The number of methoxy groups -OCH3 is 1. The van der Waals surface area contributed by atoms with Crippen LogP contribution in [0.25, 0.3) is 0 Å². The van der Waals surface area contributed by atoms with Crippen molar-refractivity contribution in [1.82, 2.24) is 0 Å². The second kappa shape index (κ2) is 7.23. The third kappa shape index (κ3) is 3.98. The van der Waals surface area contributed by atoms with Crippen LogP contribution in [-0.4, -0.2) is 26.9 Å². The molecule has 0 spiro atoms. The number of carbonyl (C=O) groups excluding carboxylic acids is 1. The Bertz CT molecular complexity index is 961. The SMILES string of the molecule is COc1ccc(S(=O)(=O)C(F)(F)F)cc1NC(=O)c1cc(Br)ccc1F. The predicted octanol–water partition coefficient (Wildman–Crippen LogP) is 4.14. The number of anilines is 1. The molecular weight excluding hydrogens is 446 g/mol. The Morgan fingerprint density at radius 1 is 1.15 bits per heavy atom. The van der Waals surface area contributed by atoms with Gasteiger partial charge in [-0.05, 0) is 36.4 Å². The summed E-state index contributed by atoms with van der Waals surface area (Å²) in [5.74, 6) is -1.97. The van der Waals surface area contributed by atoms with Crippen LogP contribution in [0.1, 0.15) is 10.4 Å². The van der Waals surface area contributed by atoms with Gasteiger partial charge >= 0.3 is 5.51 Å². The molecule has 26 heavy (non-hydrogen) atoms. The van der Waals surface area contributed by atoms with E-state index in [1.54, 1.807) is 0 Å². The topological polar surface area (TPSA) is 72.5 Å². The lowest BCUT2D eigenvalue weighted by Gasteiger charge is -2.14. The van der Waals surface area contributed by atoms with Crippen molar-refractivity contribution in [2.45, 2.75) is 10.4 Å². The number of benzene rings is 2. The summed E-state index contributed by atoms with van der Waals surface area (Å²) in [4.78, 5) is 11.1. The lowest BCUT2D eigenvalue weighted by molar-refractivity contribution is -0.0436. The highest BCUT2D eigenvalue weighted by Gasteiger charge is 2.47. The van der Waals surface area contributed by atoms with Gasteiger partial charge in [0.1, 0.15) is 11.6 Å². The second-order valence-electron chi connectivity index (χ2n) is 4.89. The minimum absolute atomic E-state index is 0.102. The minimum Gasteiger partial charge on any atom is -0.495 e. The molecule has 5 nitrogen and oxygen atoms in total. The highest BCUT2D eigenvalue weighted by molar-refractivity contribution is 9.10. The van der Waals surface area contributed by atoms with E-state index in [0.29, 0.717) is 16.6 Å². The van der Waals surface area contributed by atoms with Crippen molar-refractivity contribution in [1.29, 1.82) is 0 Å². The zero-order valence-electron chi connectivity index (χ0n) is 12.9. The first-order valence-corrected chi connectivity index (χ1v) is 9.01. The largest absolute Gasteiger partial charge is 0.501 e. The molecule has 0 bridgehead atoms. The number of halogens is 5. The fourth-order valence-corrected chi connectivity index (χ4v) is 3.10. The number of alkyl halides is 3. The molecule has 1 N–H and O–H groups in total. The molecule has 0 aliphatic heterocycles. The van der Waals surface area contributed by atoms with Crippen molar-refractivity contribution >= 4 is 37.4 Å². The van der Waals surface area contributed by atoms with Gasteiger partial charge < -0.3 is 10.1 Å². The molecule has 0 aliphatic carbocycles. The molecule has 0 aliphatic rings. The van der Waals surface area contributed by atoms with Gasteiger partial charge in [0.2, 0.25) is 0 Å². The minimum atomic E-state index is -5.63. The van der Waals surface area contributed by atoms with Gasteiger partial charge in [0.25, 0.3) is 15.7 Å². The second-order valence-corrected chi connectivity index (χ2v) is 7.75. The van der Waals surface area contributed by atoms with Crippen LogP contribution in [-0.2, 0) is 9.84 Å². The van der Waals surface area contributed by atoms with E-state index in [1.807, 2.05) is 0 Å². The van der Waals surface area contributed by atoms with E-state index >= 15 is 0 Å². The predicted molar refractivity (Wildman–Crippen MR) is 88.3 cm³/mol. The number of sulfone groups is 1. The number of carbonyl (C=O) groups is 1. The molecule has 0 heterocycles. The zero-order valence-corrected chi connectivity index (χ0v) is 15.3. The van der Waals surface area contributed by atoms with E-state index < -0.39 is 37.5 Å². The first kappa shape index (κ1) is 20.2. The van der Waals surface area contributed by atoms with Crippen molar-refractivity contribution in [3.63, 3.8) is 0 Å². The quantitative estimate of drug-likeness (QED) is 0.703. The van der Waals surface area contributed by atoms with Crippen molar-refractivity contribution < 1.29 is 35.5 Å². The van der Waals surface area contributed by atoms with E-state index in [4.69, 9.17) is 4.74 Å². The first-order valence-electron chi connectivity index (χ1n) is 6.73. The van der Waals surface area contributed by atoms with E-state index in [9.17, 15) is 30.8 Å². The van der Waals surface area contributed by atoms with Crippen molar-refractivity contribution in [2.24, 2.45) is 0 Å². The normalized spacial score (nSPS) is 11.9. The van der Waals surface area contributed by atoms with Gasteiger partial charge in [-0.2, -0.15) is 13.2 Å². The van der Waals surface area contributed by atoms with Gasteiger partial charge in [-0.15, -0.1) is 0 Å². The molecule has 0 aromatic heterocycles. The third-order valence-corrected chi connectivity index (χ3v) is 5.18. The van der Waals surface area contributed by atoms with Crippen LogP contribution in [0.4, 0.5) is 23.2 Å². The molecule has 2 aromatic rings. The summed E-state index contributed by atoms with van der Waals surface area (Å²) in [7, 11) is -4.46. The summed E-state index contributed by atoms with van der Waals surface area (Å²) < 4.78 is 80.2. The molecular formula is C15H10BrF4NO4S. The average molecular weight is 456 g/mol. The van der Waals surface area contributed by atoms with Crippen molar-refractivity contribution in [3.05, 3.63) is 52.3 Å². The summed E-state index contributed by atoms with van der Waals surface area (Å²) in [6.45, 7) is 0. The maximum absolute atomic E-state index is 13.8. The molecule has 0 saturated carbocycles. The molecule has 11 heteroatoms. The van der Waals surface area contributed by atoms with Gasteiger partial charge in [0.05, 0.1) is 23.3 Å². The molecule has 0 unspecified atom stereocenters. The van der Waals surface area contributed by atoms with E-state index in [1.165, 1.54) is 13.2 Å². The Kier molecular flexibility index (Phi) is 5.61. The summed E-state index contributed by atoms with van der Waals surface area (Å²) in [5, 5.41) is 2.15. The zero-order chi connectivity index (χ0) is 19.7. The number of ether oxygens (including phenoxy) is 1. The maximum atomic E-state index is 13.8. The monoisotopic (exact) mass is 455 g/mol. The smallest absolute Gasteiger partial charge is 0.495 e. The number of hydrogen-bond donors (Lipinski definition) is 1. The van der Waals surface area contributed by atoms with Crippen LogP contribution in [0.3, 0.4) is 0 Å². The van der Waals surface area contributed by atoms with Crippen LogP contribution in [0.15, 0.2) is 45.8 Å². The molecule has 2 aromatic carbocycles. The Hall–Kier alpha value is -2.14. The Labute approximate surface area is 154 Å². The third-order valence-electron chi connectivity index (χ3n) is 3.21. The lowest BCUT2D eigenvalue weighted by Crippen LogP contribution is -2.23. The highest BCUT2D eigenvalue weighted by atomic mass is 79.9. The first-order chi connectivity index (χ1) is 12.0. The van der Waals surface area contributed by atoms with Gasteiger partial charge in [-0.3, -0.25) is 4.79 Å². The van der Waals surface area contributed by atoms with Gasteiger partial charge in [0.15, 0.2) is 0 Å². The van der Waals surface area contributed by atoms with Gasteiger partial charge in [-0.1, -0.05) is 15.9 Å². The Morgan fingerprint density at radius 3 is 2.38 bits per heavy atom. The van der Waals surface area contributed by atoms with Crippen molar-refractivity contribution in [2.75, 3.05) is 12.4 Å². The number of nitrogens with one attached hydrogen (secondary N) is 1. The van der Waals surface area contributed by atoms with E-state index in [-0.39, 0.29) is 11.4 Å². The van der Waals surface area contributed by atoms with Gasteiger partial charge in [0, 0.05) is 4.47 Å². The number of hydrogen-bond acceptors (Lipinski definition) is 4. The molecule has 0 radical (unpaired) electrons. The molecule has 1 amide bonds.